The Balaban J connectivity index is 1.70. The SMILES string of the molecule is NCCCCN1CCN(C(=O)N2CCCCCC2)CC1. The van der Waals surface area contributed by atoms with Gasteiger partial charge in [0.15, 0.2) is 0 Å². The van der Waals surface area contributed by atoms with Gasteiger partial charge >= 0.3 is 6.03 Å². The van der Waals surface area contributed by atoms with Crippen LogP contribution in [-0.2, 0) is 0 Å². The smallest absolute Gasteiger partial charge is 0.320 e. The number of hydrogen-bond donors (Lipinski definition) is 1. The summed E-state index contributed by atoms with van der Waals surface area (Å²) in [5.41, 5.74) is 5.52. The van der Waals surface area contributed by atoms with Crippen molar-refractivity contribution in [2.45, 2.75) is 38.5 Å². The van der Waals surface area contributed by atoms with Crippen molar-refractivity contribution in [3.8, 4) is 0 Å². The van der Waals surface area contributed by atoms with E-state index in [4.69, 9.17) is 5.73 Å². The molecule has 5 nitrogen and oxygen atoms in total. The summed E-state index contributed by atoms with van der Waals surface area (Å²) in [7, 11) is 0. The second kappa shape index (κ2) is 8.47. The first-order valence-electron chi connectivity index (χ1n) is 8.27. The number of nitrogens with zero attached hydrogens (tertiary/aromatic N) is 3. The van der Waals surface area contributed by atoms with E-state index in [2.05, 4.69) is 9.80 Å². The largest absolute Gasteiger partial charge is 0.330 e. The molecule has 2 N–H and O–H groups in total. The molecule has 0 aliphatic carbocycles. The van der Waals surface area contributed by atoms with Crippen molar-refractivity contribution in [2.24, 2.45) is 5.73 Å². The first-order chi connectivity index (χ1) is 9.81. The lowest BCUT2D eigenvalue weighted by molar-refractivity contribution is 0.113. The number of unbranched alkanes of at least 4 members (excludes halogenated alkanes) is 1. The Labute approximate surface area is 123 Å². The van der Waals surface area contributed by atoms with Gasteiger partial charge < -0.3 is 15.5 Å². The molecule has 2 aliphatic rings. The third-order valence-corrected chi connectivity index (χ3v) is 4.45. The molecular formula is C15H30N4O. The van der Waals surface area contributed by atoms with Gasteiger partial charge in [-0.1, -0.05) is 12.8 Å². The lowest BCUT2D eigenvalue weighted by Crippen LogP contribution is -2.53. The van der Waals surface area contributed by atoms with E-state index in [-0.39, 0.29) is 6.03 Å². The number of piperazine rings is 1. The summed E-state index contributed by atoms with van der Waals surface area (Å²) in [4.78, 5) is 19.1. The summed E-state index contributed by atoms with van der Waals surface area (Å²) in [6.07, 6.45) is 7.18. The first-order valence-corrected chi connectivity index (χ1v) is 8.27. The summed E-state index contributed by atoms with van der Waals surface area (Å²) in [5.74, 6) is 0. The van der Waals surface area contributed by atoms with Gasteiger partial charge in [-0.3, -0.25) is 4.90 Å². The third-order valence-electron chi connectivity index (χ3n) is 4.45. The van der Waals surface area contributed by atoms with Crippen LogP contribution in [0.1, 0.15) is 38.5 Å². The predicted molar refractivity (Wildman–Crippen MR) is 81.7 cm³/mol. The minimum absolute atomic E-state index is 0.272. The van der Waals surface area contributed by atoms with Crippen molar-refractivity contribution in [3.63, 3.8) is 0 Å². The molecule has 2 heterocycles. The van der Waals surface area contributed by atoms with E-state index in [1.807, 2.05) is 4.90 Å². The van der Waals surface area contributed by atoms with Crippen LogP contribution in [0.3, 0.4) is 0 Å². The van der Waals surface area contributed by atoms with Gasteiger partial charge in [-0.05, 0) is 38.8 Å². The fraction of sp³-hybridized carbons (Fsp3) is 0.933. The lowest BCUT2D eigenvalue weighted by Gasteiger charge is -2.37. The molecule has 0 spiro atoms. The summed E-state index contributed by atoms with van der Waals surface area (Å²) < 4.78 is 0. The number of nitrogens with two attached hydrogens (primary N) is 1. The molecule has 0 aromatic carbocycles. The fourth-order valence-corrected chi connectivity index (χ4v) is 3.10. The molecule has 116 valence electrons. The molecule has 2 aliphatic heterocycles. The summed E-state index contributed by atoms with van der Waals surface area (Å²) >= 11 is 0. The molecular weight excluding hydrogens is 252 g/mol. The van der Waals surface area contributed by atoms with Gasteiger partial charge in [-0.15, -0.1) is 0 Å². The van der Waals surface area contributed by atoms with Gasteiger partial charge in [0.05, 0.1) is 0 Å². The van der Waals surface area contributed by atoms with E-state index in [9.17, 15) is 4.79 Å². The first kappa shape index (κ1) is 15.6. The van der Waals surface area contributed by atoms with Crippen LogP contribution in [0.4, 0.5) is 4.79 Å². The molecule has 0 atom stereocenters. The number of rotatable bonds is 4. The predicted octanol–water partition coefficient (Wildman–Crippen LogP) is 1.34. The Morgan fingerprint density at radius 3 is 2.00 bits per heavy atom. The average molecular weight is 282 g/mol. The van der Waals surface area contributed by atoms with Crippen molar-refractivity contribution in [1.29, 1.82) is 0 Å². The van der Waals surface area contributed by atoms with E-state index >= 15 is 0 Å². The summed E-state index contributed by atoms with van der Waals surface area (Å²) in [6, 6.07) is 0.272. The standard InChI is InChI=1S/C15H30N4O/c16-7-3-6-8-17-11-13-19(14-12-17)15(20)18-9-4-1-2-5-10-18/h1-14,16H2. The number of carbonyl (C=O) groups is 1. The fourth-order valence-electron chi connectivity index (χ4n) is 3.10. The molecule has 20 heavy (non-hydrogen) atoms. The van der Waals surface area contributed by atoms with E-state index in [0.29, 0.717) is 0 Å². The van der Waals surface area contributed by atoms with Crippen molar-refractivity contribution in [1.82, 2.24) is 14.7 Å². The zero-order chi connectivity index (χ0) is 14.2. The quantitative estimate of drug-likeness (QED) is 0.792. The molecule has 0 unspecified atom stereocenters. The van der Waals surface area contributed by atoms with E-state index in [1.165, 1.54) is 32.1 Å². The van der Waals surface area contributed by atoms with Crippen LogP contribution in [0.5, 0.6) is 0 Å². The molecule has 0 bridgehead atoms. The molecule has 2 rings (SSSR count). The maximum absolute atomic E-state index is 12.5. The van der Waals surface area contributed by atoms with Crippen molar-refractivity contribution >= 4 is 6.03 Å². The van der Waals surface area contributed by atoms with Gasteiger partial charge in [0.25, 0.3) is 0 Å². The van der Waals surface area contributed by atoms with Gasteiger partial charge in [0.1, 0.15) is 0 Å². The average Bonchev–Trinajstić information content (AvgIpc) is 2.77. The Bertz CT molecular complexity index is 282. The van der Waals surface area contributed by atoms with Crippen LogP contribution in [0, 0.1) is 0 Å². The van der Waals surface area contributed by atoms with Gasteiger partial charge in [-0.25, -0.2) is 4.79 Å². The topological polar surface area (TPSA) is 52.8 Å². The zero-order valence-electron chi connectivity index (χ0n) is 12.7. The number of hydrogen-bond acceptors (Lipinski definition) is 3. The van der Waals surface area contributed by atoms with Crippen LogP contribution in [0.2, 0.25) is 0 Å². The van der Waals surface area contributed by atoms with Crippen molar-refractivity contribution in [3.05, 3.63) is 0 Å². The molecule has 5 heteroatoms. The highest BCUT2D eigenvalue weighted by atomic mass is 16.2. The summed E-state index contributed by atoms with van der Waals surface area (Å²) in [6.45, 7) is 7.63. The Morgan fingerprint density at radius 1 is 0.800 bits per heavy atom. The number of urea groups is 1. The van der Waals surface area contributed by atoms with Gasteiger partial charge in [0.2, 0.25) is 0 Å². The van der Waals surface area contributed by atoms with Crippen molar-refractivity contribution < 1.29 is 4.79 Å². The lowest BCUT2D eigenvalue weighted by atomic mass is 10.2. The van der Waals surface area contributed by atoms with Crippen LogP contribution in [-0.4, -0.2) is 73.1 Å². The van der Waals surface area contributed by atoms with Crippen LogP contribution in [0.25, 0.3) is 0 Å². The number of amides is 2. The van der Waals surface area contributed by atoms with Crippen LogP contribution < -0.4 is 5.73 Å². The Hall–Kier alpha value is -0.810. The van der Waals surface area contributed by atoms with E-state index < -0.39 is 0 Å². The highest BCUT2D eigenvalue weighted by Gasteiger charge is 2.25. The normalized spacial score (nSPS) is 21.9. The summed E-state index contributed by atoms with van der Waals surface area (Å²) in [5, 5.41) is 0. The van der Waals surface area contributed by atoms with Crippen LogP contribution in [0.15, 0.2) is 0 Å². The van der Waals surface area contributed by atoms with E-state index in [0.717, 1.165) is 58.8 Å². The number of carbonyl (C=O) groups excluding carboxylic acids is 1. The maximum atomic E-state index is 12.5. The zero-order valence-corrected chi connectivity index (χ0v) is 12.7. The van der Waals surface area contributed by atoms with E-state index in [1.54, 1.807) is 0 Å². The monoisotopic (exact) mass is 282 g/mol. The maximum Gasteiger partial charge on any atom is 0.320 e. The Kier molecular flexibility index (Phi) is 6.60. The molecule has 0 aromatic rings. The number of likely N-dealkylation sites (tertiary alicyclic amines) is 1. The Morgan fingerprint density at radius 2 is 1.40 bits per heavy atom. The second-order valence-electron chi connectivity index (χ2n) is 6.01. The van der Waals surface area contributed by atoms with Crippen LogP contribution >= 0.6 is 0 Å². The molecule has 2 amide bonds. The van der Waals surface area contributed by atoms with Crippen molar-refractivity contribution in [2.75, 3.05) is 52.4 Å². The molecule has 2 saturated heterocycles. The second-order valence-corrected chi connectivity index (χ2v) is 6.01. The van der Waals surface area contributed by atoms with Gasteiger partial charge in [-0.2, -0.15) is 0 Å². The highest BCUT2D eigenvalue weighted by Crippen LogP contribution is 2.13. The molecule has 0 aromatic heterocycles. The molecule has 2 fully saturated rings. The van der Waals surface area contributed by atoms with Gasteiger partial charge in [0, 0.05) is 39.3 Å². The molecule has 0 radical (unpaired) electrons. The molecule has 0 saturated carbocycles. The minimum Gasteiger partial charge on any atom is -0.330 e. The minimum atomic E-state index is 0.272. The highest BCUT2D eigenvalue weighted by molar-refractivity contribution is 5.74. The third kappa shape index (κ3) is 4.63.